The first-order valence-corrected chi connectivity index (χ1v) is 7.28. The van der Waals surface area contributed by atoms with Gasteiger partial charge in [-0.15, -0.1) is 11.3 Å². The Kier molecular flexibility index (Phi) is 4.61. The molecule has 1 N–H and O–H groups in total. The molecule has 0 aliphatic heterocycles. The largest absolute Gasteiger partial charge is 0.465 e. The van der Waals surface area contributed by atoms with Crippen molar-refractivity contribution in [1.82, 2.24) is 9.71 Å². The van der Waals surface area contributed by atoms with E-state index in [1.165, 1.54) is 13.1 Å². The number of sulfonamides is 1. The van der Waals surface area contributed by atoms with E-state index >= 15 is 0 Å². The van der Waals surface area contributed by atoms with E-state index in [0.717, 1.165) is 11.3 Å². The maximum Gasteiger partial charge on any atom is 0.323 e. The number of thiazole rings is 1. The van der Waals surface area contributed by atoms with Crippen LogP contribution in [0.15, 0.2) is 10.4 Å². The highest BCUT2D eigenvalue weighted by atomic mass is 32.2. The zero-order chi connectivity index (χ0) is 13.1. The molecule has 1 atom stereocenters. The normalized spacial score (nSPS) is 13.4. The van der Waals surface area contributed by atoms with Crippen molar-refractivity contribution in [3.63, 3.8) is 0 Å². The first kappa shape index (κ1) is 14.1. The van der Waals surface area contributed by atoms with Crippen molar-refractivity contribution in [2.24, 2.45) is 0 Å². The molecule has 0 amide bonds. The summed E-state index contributed by atoms with van der Waals surface area (Å²) in [7, 11) is -3.70. The third kappa shape index (κ3) is 3.76. The molecule has 1 rings (SSSR count). The molecule has 1 aromatic heterocycles. The van der Waals surface area contributed by atoms with Gasteiger partial charge in [0, 0.05) is 0 Å². The number of carbonyl (C=O) groups is 1. The number of hydrogen-bond acceptors (Lipinski definition) is 6. The van der Waals surface area contributed by atoms with Crippen molar-refractivity contribution in [1.29, 1.82) is 0 Å². The Morgan fingerprint density at radius 1 is 1.65 bits per heavy atom. The van der Waals surface area contributed by atoms with Gasteiger partial charge in [-0.3, -0.25) is 4.79 Å². The second kappa shape index (κ2) is 5.56. The van der Waals surface area contributed by atoms with Crippen molar-refractivity contribution < 1.29 is 17.9 Å². The molecule has 1 aromatic rings. The van der Waals surface area contributed by atoms with Gasteiger partial charge in [0.1, 0.15) is 6.04 Å². The number of ether oxygens (including phenoxy) is 1. The lowest BCUT2D eigenvalue weighted by molar-refractivity contribution is -0.144. The van der Waals surface area contributed by atoms with E-state index < -0.39 is 22.0 Å². The summed E-state index contributed by atoms with van der Waals surface area (Å²) in [6, 6.07) is -0.914. The van der Waals surface area contributed by atoms with Crippen molar-refractivity contribution in [2.45, 2.75) is 31.0 Å². The molecular weight excluding hydrogens is 264 g/mol. The molecule has 1 heterocycles. The predicted octanol–water partition coefficient (Wildman–Crippen LogP) is 0.681. The highest BCUT2D eigenvalue weighted by Crippen LogP contribution is 2.17. The van der Waals surface area contributed by atoms with E-state index in [-0.39, 0.29) is 10.8 Å². The molecule has 0 aromatic carbocycles. The van der Waals surface area contributed by atoms with Crippen LogP contribution in [0.5, 0.6) is 0 Å². The van der Waals surface area contributed by atoms with E-state index in [0.29, 0.717) is 5.01 Å². The predicted molar refractivity (Wildman–Crippen MR) is 63.3 cm³/mol. The molecule has 0 saturated heterocycles. The average Bonchev–Trinajstić information content (AvgIpc) is 2.65. The van der Waals surface area contributed by atoms with E-state index in [4.69, 9.17) is 4.74 Å². The molecule has 17 heavy (non-hydrogen) atoms. The van der Waals surface area contributed by atoms with Gasteiger partial charge in [0.15, 0.2) is 4.21 Å². The third-order valence-electron chi connectivity index (χ3n) is 1.84. The molecule has 0 aliphatic rings. The molecule has 1 unspecified atom stereocenters. The lowest BCUT2D eigenvalue weighted by Gasteiger charge is -2.11. The monoisotopic (exact) mass is 278 g/mol. The highest BCUT2D eigenvalue weighted by Gasteiger charge is 2.24. The van der Waals surface area contributed by atoms with E-state index in [2.05, 4.69) is 9.71 Å². The standard InChI is InChI=1S/C9H14N2O4S2/c1-4-15-9(12)6(2)11-17(13,14)8-5-10-7(3)16-8/h5-6,11H,4H2,1-3H3. The maximum atomic E-state index is 11.8. The van der Waals surface area contributed by atoms with Crippen LogP contribution in [-0.2, 0) is 19.6 Å². The van der Waals surface area contributed by atoms with Gasteiger partial charge >= 0.3 is 5.97 Å². The number of esters is 1. The molecule has 0 fully saturated rings. The second-order valence-electron chi connectivity index (χ2n) is 3.29. The van der Waals surface area contributed by atoms with Gasteiger partial charge < -0.3 is 4.74 Å². The summed E-state index contributed by atoms with van der Waals surface area (Å²) in [5.41, 5.74) is 0. The first-order valence-electron chi connectivity index (χ1n) is 4.98. The van der Waals surface area contributed by atoms with Crippen LogP contribution in [0, 0.1) is 6.92 Å². The quantitative estimate of drug-likeness (QED) is 0.801. The maximum absolute atomic E-state index is 11.8. The Morgan fingerprint density at radius 2 is 2.29 bits per heavy atom. The molecule has 6 nitrogen and oxygen atoms in total. The van der Waals surface area contributed by atoms with Crippen LogP contribution >= 0.6 is 11.3 Å². The molecule has 0 bridgehead atoms. The van der Waals surface area contributed by atoms with Gasteiger partial charge in [-0.1, -0.05) is 0 Å². The third-order valence-corrected chi connectivity index (χ3v) is 4.75. The second-order valence-corrected chi connectivity index (χ2v) is 6.47. The lowest BCUT2D eigenvalue weighted by Crippen LogP contribution is -2.39. The van der Waals surface area contributed by atoms with Crippen LogP contribution in [0.4, 0.5) is 0 Å². The molecular formula is C9H14N2O4S2. The van der Waals surface area contributed by atoms with Gasteiger partial charge in [0.05, 0.1) is 17.8 Å². The van der Waals surface area contributed by atoms with Crippen molar-refractivity contribution in [2.75, 3.05) is 6.61 Å². The smallest absolute Gasteiger partial charge is 0.323 e. The van der Waals surface area contributed by atoms with Crippen LogP contribution < -0.4 is 4.72 Å². The molecule has 0 saturated carbocycles. The zero-order valence-electron chi connectivity index (χ0n) is 9.76. The fourth-order valence-electron chi connectivity index (χ4n) is 1.07. The summed E-state index contributed by atoms with van der Waals surface area (Å²) < 4.78 is 30.7. The molecule has 96 valence electrons. The zero-order valence-corrected chi connectivity index (χ0v) is 11.4. The summed E-state index contributed by atoms with van der Waals surface area (Å²) >= 11 is 1.05. The van der Waals surface area contributed by atoms with E-state index in [1.807, 2.05) is 0 Å². The molecule has 8 heteroatoms. The molecule has 0 aliphatic carbocycles. The van der Waals surface area contributed by atoms with Crippen LogP contribution in [0.25, 0.3) is 0 Å². The van der Waals surface area contributed by atoms with E-state index in [1.54, 1.807) is 13.8 Å². The number of rotatable bonds is 5. The number of nitrogens with one attached hydrogen (secondary N) is 1. The number of aromatic nitrogens is 1. The Bertz CT molecular complexity index is 495. The summed E-state index contributed by atoms with van der Waals surface area (Å²) in [6.07, 6.45) is 1.26. The average molecular weight is 278 g/mol. The van der Waals surface area contributed by atoms with Crippen molar-refractivity contribution in [3.8, 4) is 0 Å². The SMILES string of the molecule is CCOC(=O)C(C)NS(=O)(=O)c1cnc(C)s1. The molecule has 0 radical (unpaired) electrons. The summed E-state index contributed by atoms with van der Waals surface area (Å²) in [5.74, 6) is -0.600. The van der Waals surface area contributed by atoms with Crippen molar-refractivity contribution >= 4 is 27.3 Å². The Labute approximate surface area is 104 Å². The van der Waals surface area contributed by atoms with Crippen LogP contribution in [0.1, 0.15) is 18.9 Å². The number of aryl methyl sites for hydroxylation is 1. The number of hydrogen-bond donors (Lipinski definition) is 1. The summed E-state index contributed by atoms with van der Waals surface area (Å²) in [5, 5.41) is 0.647. The van der Waals surface area contributed by atoms with Gasteiger partial charge in [-0.2, -0.15) is 4.72 Å². The van der Waals surface area contributed by atoms with Gasteiger partial charge in [0.25, 0.3) is 10.0 Å². The number of carbonyl (C=O) groups excluding carboxylic acids is 1. The van der Waals surface area contributed by atoms with E-state index in [9.17, 15) is 13.2 Å². The minimum absolute atomic E-state index is 0.0890. The van der Waals surface area contributed by atoms with Gasteiger partial charge in [-0.25, -0.2) is 13.4 Å². The minimum Gasteiger partial charge on any atom is -0.465 e. The summed E-state index contributed by atoms with van der Waals surface area (Å²) in [6.45, 7) is 5.01. The highest BCUT2D eigenvalue weighted by molar-refractivity contribution is 7.91. The first-order chi connectivity index (χ1) is 7.86. The van der Waals surface area contributed by atoms with Gasteiger partial charge in [0.2, 0.25) is 0 Å². The Hall–Kier alpha value is -0.990. The Morgan fingerprint density at radius 3 is 2.76 bits per heavy atom. The van der Waals surface area contributed by atoms with Crippen LogP contribution in [-0.4, -0.2) is 32.0 Å². The summed E-state index contributed by atoms with van der Waals surface area (Å²) in [4.78, 5) is 15.2. The number of nitrogens with zero attached hydrogens (tertiary/aromatic N) is 1. The van der Waals surface area contributed by atoms with Crippen molar-refractivity contribution in [3.05, 3.63) is 11.2 Å². The fourth-order valence-corrected chi connectivity index (χ4v) is 3.39. The minimum atomic E-state index is -3.70. The Balaban J connectivity index is 2.77. The van der Waals surface area contributed by atoms with Crippen LogP contribution in [0.2, 0.25) is 0 Å². The van der Waals surface area contributed by atoms with Crippen LogP contribution in [0.3, 0.4) is 0 Å². The van der Waals surface area contributed by atoms with Gasteiger partial charge in [-0.05, 0) is 20.8 Å². The molecule has 0 spiro atoms. The fraction of sp³-hybridized carbons (Fsp3) is 0.556. The topological polar surface area (TPSA) is 85.4 Å². The lowest BCUT2D eigenvalue weighted by atomic mass is 10.4.